The number of halogens is 1. The minimum Gasteiger partial charge on any atom is -0.426 e. The van der Waals surface area contributed by atoms with Crippen molar-refractivity contribution in [3.8, 4) is 5.75 Å². The van der Waals surface area contributed by atoms with Crippen LogP contribution in [-0.2, 0) is 11.4 Å². The summed E-state index contributed by atoms with van der Waals surface area (Å²) in [5.74, 6) is 0.0802. The van der Waals surface area contributed by atoms with E-state index in [0.29, 0.717) is 11.3 Å². The van der Waals surface area contributed by atoms with Crippen LogP contribution in [0.4, 0.5) is 0 Å². The van der Waals surface area contributed by atoms with Crippen molar-refractivity contribution < 1.29 is 14.6 Å². The first-order chi connectivity index (χ1) is 6.93. The number of carbonyl (C=O) groups excluding carboxylic acids is 1. The Labute approximate surface area is 97.2 Å². The third-order valence-electron chi connectivity index (χ3n) is 1.78. The van der Waals surface area contributed by atoms with Gasteiger partial charge in [-0.25, -0.2) is 0 Å². The molecule has 1 aromatic carbocycles. The van der Waals surface area contributed by atoms with Crippen molar-refractivity contribution in [2.75, 3.05) is 0 Å². The zero-order valence-electron chi connectivity index (χ0n) is 8.66. The van der Waals surface area contributed by atoms with Gasteiger partial charge in [0.1, 0.15) is 10.1 Å². The standard InChI is InChI=1S/C11H13BrO3/c1-11(2,12)10(14)15-9-5-3-4-8(6-9)7-13/h3-6,13H,7H2,1-2H3. The first-order valence-electron chi connectivity index (χ1n) is 4.54. The molecule has 0 saturated heterocycles. The molecule has 0 spiro atoms. The molecular weight excluding hydrogens is 260 g/mol. The van der Waals surface area contributed by atoms with Gasteiger partial charge in [-0.05, 0) is 31.5 Å². The van der Waals surface area contributed by atoms with E-state index in [1.165, 1.54) is 0 Å². The number of hydrogen-bond donors (Lipinski definition) is 1. The second-order valence-corrected chi connectivity index (χ2v) is 5.65. The van der Waals surface area contributed by atoms with Crippen LogP contribution in [0.1, 0.15) is 19.4 Å². The van der Waals surface area contributed by atoms with Crippen LogP contribution in [0, 0.1) is 0 Å². The molecule has 15 heavy (non-hydrogen) atoms. The van der Waals surface area contributed by atoms with Crippen LogP contribution in [0.25, 0.3) is 0 Å². The molecule has 1 N–H and O–H groups in total. The van der Waals surface area contributed by atoms with Crippen molar-refractivity contribution in [2.24, 2.45) is 0 Å². The lowest BCUT2D eigenvalue weighted by Crippen LogP contribution is -2.29. The second kappa shape index (κ2) is 4.77. The summed E-state index contributed by atoms with van der Waals surface area (Å²) in [4.78, 5) is 11.5. The van der Waals surface area contributed by atoms with E-state index in [2.05, 4.69) is 15.9 Å². The van der Waals surface area contributed by atoms with E-state index in [0.717, 1.165) is 0 Å². The number of aliphatic hydroxyl groups is 1. The number of alkyl halides is 1. The first kappa shape index (κ1) is 12.2. The molecule has 0 radical (unpaired) electrons. The molecule has 1 rings (SSSR count). The van der Waals surface area contributed by atoms with Gasteiger partial charge in [0.2, 0.25) is 0 Å². The normalized spacial score (nSPS) is 11.2. The van der Waals surface area contributed by atoms with Gasteiger partial charge in [-0.3, -0.25) is 4.79 Å². The van der Waals surface area contributed by atoms with E-state index in [9.17, 15) is 4.79 Å². The summed E-state index contributed by atoms with van der Waals surface area (Å²) in [5.41, 5.74) is 0.715. The molecule has 0 fully saturated rings. The predicted octanol–water partition coefficient (Wildman–Crippen LogP) is 2.26. The molecule has 0 heterocycles. The van der Waals surface area contributed by atoms with Crippen LogP contribution in [0.3, 0.4) is 0 Å². The van der Waals surface area contributed by atoms with Gasteiger partial charge in [0.15, 0.2) is 0 Å². The van der Waals surface area contributed by atoms with Crippen molar-refractivity contribution in [3.63, 3.8) is 0 Å². The van der Waals surface area contributed by atoms with E-state index < -0.39 is 4.32 Å². The molecule has 0 aliphatic carbocycles. The van der Waals surface area contributed by atoms with Crippen LogP contribution in [-0.4, -0.2) is 15.4 Å². The van der Waals surface area contributed by atoms with Crippen molar-refractivity contribution >= 4 is 21.9 Å². The molecule has 0 atom stereocenters. The summed E-state index contributed by atoms with van der Waals surface area (Å²) < 4.78 is 4.42. The summed E-state index contributed by atoms with van der Waals surface area (Å²) in [6.07, 6.45) is 0. The van der Waals surface area contributed by atoms with Gasteiger partial charge in [-0.15, -0.1) is 0 Å². The van der Waals surface area contributed by atoms with Gasteiger partial charge in [-0.1, -0.05) is 28.1 Å². The number of aliphatic hydroxyl groups excluding tert-OH is 1. The minimum absolute atomic E-state index is 0.0664. The molecule has 4 heteroatoms. The largest absolute Gasteiger partial charge is 0.426 e. The van der Waals surface area contributed by atoms with E-state index in [1.807, 2.05) is 0 Å². The fourth-order valence-electron chi connectivity index (χ4n) is 0.936. The maximum Gasteiger partial charge on any atom is 0.327 e. The fraction of sp³-hybridized carbons (Fsp3) is 0.364. The number of benzene rings is 1. The molecule has 0 aromatic heterocycles. The maximum absolute atomic E-state index is 11.5. The number of rotatable bonds is 3. The molecule has 1 aromatic rings. The zero-order chi connectivity index (χ0) is 11.5. The van der Waals surface area contributed by atoms with Gasteiger partial charge < -0.3 is 9.84 Å². The summed E-state index contributed by atoms with van der Waals surface area (Å²) in [5, 5.41) is 8.91. The lowest BCUT2D eigenvalue weighted by molar-refractivity contribution is -0.136. The Hall–Kier alpha value is -0.870. The highest BCUT2D eigenvalue weighted by atomic mass is 79.9. The quantitative estimate of drug-likeness (QED) is 0.522. The average molecular weight is 273 g/mol. The fourth-order valence-corrected chi connectivity index (χ4v) is 1.02. The van der Waals surface area contributed by atoms with Gasteiger partial charge in [0.25, 0.3) is 0 Å². The highest BCUT2D eigenvalue weighted by Crippen LogP contribution is 2.21. The Morgan fingerprint density at radius 1 is 1.53 bits per heavy atom. The summed E-state index contributed by atoms with van der Waals surface area (Å²) in [7, 11) is 0. The van der Waals surface area contributed by atoms with Crippen molar-refractivity contribution in [2.45, 2.75) is 24.8 Å². The number of hydrogen-bond acceptors (Lipinski definition) is 3. The Bertz CT molecular complexity index is 355. The third kappa shape index (κ3) is 3.64. The lowest BCUT2D eigenvalue weighted by atomic mass is 10.2. The van der Waals surface area contributed by atoms with Crippen molar-refractivity contribution in [3.05, 3.63) is 29.8 Å². The molecule has 0 bridgehead atoms. The molecule has 0 aliphatic heterocycles. The van der Waals surface area contributed by atoms with E-state index >= 15 is 0 Å². The van der Waals surface area contributed by atoms with Gasteiger partial charge in [-0.2, -0.15) is 0 Å². The molecule has 3 nitrogen and oxygen atoms in total. The minimum atomic E-state index is -0.706. The summed E-state index contributed by atoms with van der Waals surface area (Å²) in [6.45, 7) is 3.36. The predicted molar refractivity (Wildman–Crippen MR) is 61.0 cm³/mol. The topological polar surface area (TPSA) is 46.5 Å². The van der Waals surface area contributed by atoms with Gasteiger partial charge in [0, 0.05) is 0 Å². The van der Waals surface area contributed by atoms with Crippen LogP contribution >= 0.6 is 15.9 Å². The third-order valence-corrected chi connectivity index (χ3v) is 2.10. The molecule has 0 aliphatic rings. The number of carbonyl (C=O) groups is 1. The average Bonchev–Trinajstić information content (AvgIpc) is 2.16. The van der Waals surface area contributed by atoms with Crippen LogP contribution in [0.15, 0.2) is 24.3 Å². The van der Waals surface area contributed by atoms with Crippen LogP contribution in [0.2, 0.25) is 0 Å². The molecule has 0 unspecified atom stereocenters. The molecular formula is C11H13BrO3. The molecule has 0 amide bonds. The lowest BCUT2D eigenvalue weighted by Gasteiger charge is -2.14. The summed E-state index contributed by atoms with van der Waals surface area (Å²) >= 11 is 3.21. The Morgan fingerprint density at radius 3 is 2.73 bits per heavy atom. The smallest absolute Gasteiger partial charge is 0.327 e. The van der Waals surface area contributed by atoms with Crippen molar-refractivity contribution in [1.82, 2.24) is 0 Å². The number of ether oxygens (including phenoxy) is 1. The Kier molecular flexibility index (Phi) is 3.88. The van der Waals surface area contributed by atoms with E-state index in [4.69, 9.17) is 9.84 Å². The van der Waals surface area contributed by atoms with Crippen LogP contribution in [0.5, 0.6) is 5.75 Å². The van der Waals surface area contributed by atoms with E-state index in [-0.39, 0.29) is 12.6 Å². The van der Waals surface area contributed by atoms with E-state index in [1.54, 1.807) is 38.1 Å². The second-order valence-electron chi connectivity index (χ2n) is 3.67. The monoisotopic (exact) mass is 272 g/mol. The summed E-state index contributed by atoms with van der Waals surface area (Å²) in [6, 6.07) is 6.80. The Morgan fingerprint density at radius 2 is 2.20 bits per heavy atom. The van der Waals surface area contributed by atoms with Crippen molar-refractivity contribution in [1.29, 1.82) is 0 Å². The zero-order valence-corrected chi connectivity index (χ0v) is 10.2. The van der Waals surface area contributed by atoms with Gasteiger partial charge >= 0.3 is 5.97 Å². The van der Waals surface area contributed by atoms with Gasteiger partial charge in [0.05, 0.1) is 6.61 Å². The SMILES string of the molecule is CC(C)(Br)C(=O)Oc1cccc(CO)c1. The first-order valence-corrected chi connectivity index (χ1v) is 5.34. The number of esters is 1. The molecule has 0 saturated carbocycles. The Balaban J connectivity index is 2.77. The highest BCUT2D eigenvalue weighted by Gasteiger charge is 2.25. The van der Waals surface area contributed by atoms with Crippen LogP contribution < -0.4 is 4.74 Å². The highest BCUT2D eigenvalue weighted by molar-refractivity contribution is 9.10. The molecule has 82 valence electrons. The maximum atomic E-state index is 11.5.